The van der Waals surface area contributed by atoms with E-state index in [0.29, 0.717) is 0 Å². The van der Waals surface area contributed by atoms with Gasteiger partial charge in [0.25, 0.3) is 0 Å². The summed E-state index contributed by atoms with van der Waals surface area (Å²) in [4.78, 5) is 0. The molecular formula is C19H20ClNO. The number of hydrogen-bond acceptors (Lipinski definition) is 2. The lowest BCUT2D eigenvalue weighted by Crippen LogP contribution is -2.24. The highest BCUT2D eigenvalue weighted by Crippen LogP contribution is 2.36. The summed E-state index contributed by atoms with van der Waals surface area (Å²) in [6.45, 7) is 2.04. The maximum absolute atomic E-state index is 6.22. The van der Waals surface area contributed by atoms with Gasteiger partial charge in [-0.1, -0.05) is 47.5 Å². The molecule has 1 saturated heterocycles. The fourth-order valence-electron chi connectivity index (χ4n) is 3.02. The lowest BCUT2D eigenvalue weighted by atomic mass is 9.88. The number of hydrogen-bond donors (Lipinski definition) is 1. The summed E-state index contributed by atoms with van der Waals surface area (Å²) in [6.07, 6.45) is 2.11. The molecule has 0 aliphatic carbocycles. The van der Waals surface area contributed by atoms with Crippen LogP contribution in [-0.4, -0.2) is 20.2 Å². The molecule has 2 nitrogen and oxygen atoms in total. The van der Waals surface area contributed by atoms with Gasteiger partial charge in [0.1, 0.15) is 5.75 Å². The average Bonchev–Trinajstić information content (AvgIpc) is 2.57. The van der Waals surface area contributed by atoms with E-state index < -0.39 is 0 Å². The molecule has 1 heterocycles. The first-order valence-electron chi connectivity index (χ1n) is 7.61. The number of piperidine rings is 1. The van der Waals surface area contributed by atoms with Crippen molar-refractivity contribution in [3.63, 3.8) is 0 Å². The topological polar surface area (TPSA) is 21.3 Å². The van der Waals surface area contributed by atoms with Crippen molar-refractivity contribution in [3.8, 4) is 5.75 Å². The molecule has 0 spiro atoms. The molecule has 0 saturated carbocycles. The molecule has 0 aromatic heterocycles. The van der Waals surface area contributed by atoms with Crippen molar-refractivity contribution in [1.82, 2.24) is 5.32 Å². The normalized spacial score (nSPS) is 14.7. The molecule has 3 rings (SSSR count). The minimum Gasteiger partial charge on any atom is -0.496 e. The predicted octanol–water partition coefficient (Wildman–Crippen LogP) is 4.53. The van der Waals surface area contributed by atoms with E-state index in [1.165, 1.54) is 11.1 Å². The summed E-state index contributed by atoms with van der Waals surface area (Å²) >= 11 is 6.22. The molecule has 1 aliphatic heterocycles. The molecule has 0 unspecified atom stereocenters. The Bertz CT molecular complexity index is 685. The second-order valence-electron chi connectivity index (χ2n) is 5.44. The van der Waals surface area contributed by atoms with Crippen LogP contribution >= 0.6 is 11.6 Å². The summed E-state index contributed by atoms with van der Waals surface area (Å²) < 4.78 is 5.59. The highest BCUT2D eigenvalue weighted by atomic mass is 35.5. The van der Waals surface area contributed by atoms with Crippen LogP contribution in [0.25, 0.3) is 5.57 Å². The molecule has 1 aliphatic rings. The van der Waals surface area contributed by atoms with Gasteiger partial charge < -0.3 is 10.1 Å². The standard InChI is InChI=1S/C19H20ClNO/c1-22-18-8-3-2-7-17(18)19(14-9-11-21-12-10-14)15-5-4-6-16(20)13-15/h2-8,13,21H,9-12H2,1H3. The highest BCUT2D eigenvalue weighted by molar-refractivity contribution is 6.30. The Morgan fingerprint density at radius 2 is 1.82 bits per heavy atom. The summed E-state index contributed by atoms with van der Waals surface area (Å²) in [5, 5.41) is 4.18. The van der Waals surface area contributed by atoms with E-state index >= 15 is 0 Å². The van der Waals surface area contributed by atoms with Gasteiger partial charge in [-0.15, -0.1) is 0 Å². The SMILES string of the molecule is COc1ccccc1C(=C1CCNCC1)c1cccc(Cl)c1. The number of ether oxygens (including phenoxy) is 1. The van der Waals surface area contributed by atoms with Gasteiger partial charge in [-0.3, -0.25) is 0 Å². The van der Waals surface area contributed by atoms with Gasteiger partial charge in [-0.25, -0.2) is 0 Å². The van der Waals surface area contributed by atoms with Gasteiger partial charge in [0.2, 0.25) is 0 Å². The maximum atomic E-state index is 6.22. The number of rotatable bonds is 3. The highest BCUT2D eigenvalue weighted by Gasteiger charge is 2.17. The zero-order valence-corrected chi connectivity index (χ0v) is 13.5. The van der Waals surface area contributed by atoms with Crippen LogP contribution in [0.3, 0.4) is 0 Å². The summed E-state index contributed by atoms with van der Waals surface area (Å²) in [5.41, 5.74) is 5.03. The zero-order chi connectivity index (χ0) is 15.4. The van der Waals surface area contributed by atoms with Crippen LogP contribution in [0.15, 0.2) is 54.1 Å². The molecule has 1 fully saturated rings. The molecule has 3 heteroatoms. The van der Waals surface area contributed by atoms with E-state index in [1.807, 2.05) is 30.3 Å². The monoisotopic (exact) mass is 313 g/mol. The van der Waals surface area contributed by atoms with Gasteiger partial charge in [-0.2, -0.15) is 0 Å². The first kappa shape index (κ1) is 15.1. The Labute approximate surface area is 136 Å². The molecule has 0 amide bonds. The molecule has 0 bridgehead atoms. The van der Waals surface area contributed by atoms with Gasteiger partial charge in [0.15, 0.2) is 0 Å². The van der Waals surface area contributed by atoms with Crippen LogP contribution in [-0.2, 0) is 0 Å². The van der Waals surface area contributed by atoms with Crippen LogP contribution in [0.4, 0.5) is 0 Å². The van der Waals surface area contributed by atoms with Crippen molar-refractivity contribution in [3.05, 3.63) is 70.3 Å². The summed E-state index contributed by atoms with van der Waals surface area (Å²) in [7, 11) is 1.72. The molecule has 114 valence electrons. The van der Waals surface area contributed by atoms with E-state index in [-0.39, 0.29) is 0 Å². The molecule has 0 radical (unpaired) electrons. The fourth-order valence-corrected chi connectivity index (χ4v) is 3.21. The van der Waals surface area contributed by atoms with Gasteiger partial charge in [0.05, 0.1) is 7.11 Å². The van der Waals surface area contributed by atoms with Crippen molar-refractivity contribution in [2.75, 3.05) is 20.2 Å². The Balaban J connectivity index is 2.19. The lowest BCUT2D eigenvalue weighted by molar-refractivity contribution is 0.413. The van der Waals surface area contributed by atoms with Crippen LogP contribution in [0.2, 0.25) is 5.02 Å². The fraction of sp³-hybridized carbons (Fsp3) is 0.263. The van der Waals surface area contributed by atoms with Crippen molar-refractivity contribution < 1.29 is 4.74 Å². The molecular weight excluding hydrogens is 294 g/mol. The number of benzene rings is 2. The number of nitrogens with one attached hydrogen (secondary N) is 1. The Morgan fingerprint density at radius 1 is 1.05 bits per heavy atom. The third-order valence-electron chi connectivity index (χ3n) is 4.05. The van der Waals surface area contributed by atoms with E-state index in [9.17, 15) is 0 Å². The third-order valence-corrected chi connectivity index (χ3v) is 4.29. The van der Waals surface area contributed by atoms with Crippen molar-refractivity contribution >= 4 is 17.2 Å². The van der Waals surface area contributed by atoms with Crippen LogP contribution < -0.4 is 10.1 Å². The van der Waals surface area contributed by atoms with Crippen LogP contribution in [0.1, 0.15) is 24.0 Å². The molecule has 2 aromatic rings. The van der Waals surface area contributed by atoms with Crippen LogP contribution in [0.5, 0.6) is 5.75 Å². The van der Waals surface area contributed by atoms with E-state index in [0.717, 1.165) is 47.8 Å². The maximum Gasteiger partial charge on any atom is 0.126 e. The molecule has 0 atom stereocenters. The molecule has 2 aromatic carbocycles. The number of halogens is 1. The van der Waals surface area contributed by atoms with Crippen molar-refractivity contribution in [2.45, 2.75) is 12.8 Å². The first-order valence-corrected chi connectivity index (χ1v) is 7.99. The van der Waals surface area contributed by atoms with E-state index in [2.05, 4.69) is 23.5 Å². The second-order valence-corrected chi connectivity index (χ2v) is 5.88. The van der Waals surface area contributed by atoms with Gasteiger partial charge >= 0.3 is 0 Å². The third kappa shape index (κ3) is 3.18. The van der Waals surface area contributed by atoms with Gasteiger partial charge in [0, 0.05) is 10.6 Å². The molecule has 22 heavy (non-hydrogen) atoms. The first-order chi connectivity index (χ1) is 10.8. The minimum absolute atomic E-state index is 0.763. The molecule has 1 N–H and O–H groups in total. The van der Waals surface area contributed by atoms with E-state index in [4.69, 9.17) is 16.3 Å². The Hall–Kier alpha value is -1.77. The van der Waals surface area contributed by atoms with Gasteiger partial charge in [-0.05, 0) is 55.3 Å². The van der Waals surface area contributed by atoms with E-state index in [1.54, 1.807) is 7.11 Å². The Kier molecular flexibility index (Phi) is 4.81. The lowest BCUT2D eigenvalue weighted by Gasteiger charge is -2.22. The largest absolute Gasteiger partial charge is 0.496 e. The van der Waals surface area contributed by atoms with Crippen LogP contribution in [0, 0.1) is 0 Å². The van der Waals surface area contributed by atoms with Crippen molar-refractivity contribution in [2.24, 2.45) is 0 Å². The smallest absolute Gasteiger partial charge is 0.126 e. The second kappa shape index (κ2) is 6.99. The Morgan fingerprint density at radius 3 is 2.55 bits per heavy atom. The zero-order valence-electron chi connectivity index (χ0n) is 12.7. The average molecular weight is 314 g/mol. The number of para-hydroxylation sites is 1. The number of methoxy groups -OCH3 is 1. The minimum atomic E-state index is 0.763. The summed E-state index contributed by atoms with van der Waals surface area (Å²) in [5.74, 6) is 0.906. The predicted molar refractivity (Wildman–Crippen MR) is 92.6 cm³/mol. The quantitative estimate of drug-likeness (QED) is 0.898. The van der Waals surface area contributed by atoms with Crippen molar-refractivity contribution in [1.29, 1.82) is 0 Å². The summed E-state index contributed by atoms with van der Waals surface area (Å²) in [6, 6.07) is 16.3.